The molecule has 168 valence electrons. The molecule has 3 heterocycles. The number of hydrogen-bond acceptors (Lipinski definition) is 5. The first kappa shape index (κ1) is 21.7. The van der Waals surface area contributed by atoms with Gasteiger partial charge in [0.1, 0.15) is 11.6 Å². The van der Waals surface area contributed by atoms with Gasteiger partial charge in [-0.1, -0.05) is 6.07 Å². The molecule has 4 rings (SSSR count). The second kappa shape index (κ2) is 8.57. The third kappa shape index (κ3) is 4.02. The van der Waals surface area contributed by atoms with Gasteiger partial charge >= 0.3 is 6.03 Å². The molecule has 0 saturated carbocycles. The van der Waals surface area contributed by atoms with Crippen LogP contribution in [0.1, 0.15) is 28.4 Å². The van der Waals surface area contributed by atoms with Crippen LogP contribution in [0, 0.1) is 19.7 Å². The molecule has 1 aromatic heterocycles. The van der Waals surface area contributed by atoms with Crippen molar-refractivity contribution < 1.29 is 18.8 Å². The van der Waals surface area contributed by atoms with E-state index in [1.807, 2.05) is 20.0 Å². The van der Waals surface area contributed by atoms with Gasteiger partial charge in [-0.05, 0) is 43.2 Å². The molecule has 8 nitrogen and oxygen atoms in total. The van der Waals surface area contributed by atoms with Crippen LogP contribution in [0.3, 0.4) is 0 Å². The molecule has 2 saturated heterocycles. The summed E-state index contributed by atoms with van der Waals surface area (Å²) in [5, 5.41) is 0. The molecule has 0 unspecified atom stereocenters. The van der Waals surface area contributed by atoms with Crippen molar-refractivity contribution in [2.75, 3.05) is 49.1 Å². The van der Waals surface area contributed by atoms with E-state index in [1.165, 1.54) is 30.0 Å². The van der Waals surface area contributed by atoms with Gasteiger partial charge in [-0.25, -0.2) is 14.2 Å². The zero-order chi connectivity index (χ0) is 23.0. The van der Waals surface area contributed by atoms with Crippen LogP contribution >= 0.6 is 0 Å². The quantitative estimate of drug-likeness (QED) is 0.735. The number of rotatable bonds is 3. The third-order valence-electron chi connectivity index (χ3n) is 5.93. The highest BCUT2D eigenvalue weighted by molar-refractivity contribution is 6.04. The van der Waals surface area contributed by atoms with E-state index >= 15 is 0 Å². The number of amides is 4. The molecule has 0 aliphatic carbocycles. The average molecular weight is 439 g/mol. The van der Waals surface area contributed by atoms with Gasteiger partial charge in [0.2, 0.25) is 5.91 Å². The first-order valence-electron chi connectivity index (χ1n) is 10.6. The number of hydrogen-bond donors (Lipinski definition) is 0. The zero-order valence-electron chi connectivity index (χ0n) is 18.5. The Bertz CT molecular complexity index is 1080. The number of halogens is 1. The summed E-state index contributed by atoms with van der Waals surface area (Å²) in [5.74, 6) is -0.359. The molecular weight excluding hydrogens is 413 g/mol. The molecule has 32 heavy (non-hydrogen) atoms. The first-order valence-corrected chi connectivity index (χ1v) is 10.6. The van der Waals surface area contributed by atoms with Crippen molar-refractivity contribution >= 4 is 29.4 Å². The van der Waals surface area contributed by atoms with E-state index in [1.54, 1.807) is 4.90 Å². The predicted octanol–water partition coefficient (Wildman–Crippen LogP) is 2.59. The van der Waals surface area contributed by atoms with E-state index in [2.05, 4.69) is 16.0 Å². The van der Waals surface area contributed by atoms with Gasteiger partial charge in [-0.15, -0.1) is 0 Å². The van der Waals surface area contributed by atoms with Crippen LogP contribution in [-0.4, -0.2) is 71.9 Å². The van der Waals surface area contributed by atoms with Crippen molar-refractivity contribution in [1.82, 2.24) is 14.8 Å². The number of aromatic nitrogens is 1. The van der Waals surface area contributed by atoms with Crippen LogP contribution in [0.4, 0.5) is 20.7 Å². The fraction of sp³-hybridized carbons (Fsp3) is 0.391. The number of nitrogens with zero attached hydrogens (tertiary/aromatic N) is 5. The molecule has 4 amide bonds. The van der Waals surface area contributed by atoms with Crippen molar-refractivity contribution in [1.29, 1.82) is 0 Å². The second-order valence-corrected chi connectivity index (χ2v) is 8.20. The van der Waals surface area contributed by atoms with Crippen LogP contribution in [0.5, 0.6) is 0 Å². The molecule has 2 aliphatic rings. The van der Waals surface area contributed by atoms with Crippen LogP contribution in [0.15, 0.2) is 30.5 Å². The van der Waals surface area contributed by atoms with Gasteiger partial charge in [0.15, 0.2) is 0 Å². The number of pyridine rings is 1. The Morgan fingerprint density at radius 1 is 1.00 bits per heavy atom. The molecule has 0 N–H and O–H groups in total. The number of carbonyl (C=O) groups excluding carboxylic acids is 3. The summed E-state index contributed by atoms with van der Waals surface area (Å²) in [5.41, 5.74) is 2.51. The van der Waals surface area contributed by atoms with Gasteiger partial charge < -0.3 is 9.80 Å². The number of urea groups is 1. The Hall–Kier alpha value is -3.49. The number of imide groups is 1. The van der Waals surface area contributed by atoms with Crippen molar-refractivity contribution in [2.45, 2.75) is 20.8 Å². The average Bonchev–Trinajstić information content (AvgIpc) is 3.15. The van der Waals surface area contributed by atoms with Crippen molar-refractivity contribution in [3.63, 3.8) is 0 Å². The number of anilines is 2. The summed E-state index contributed by atoms with van der Waals surface area (Å²) in [6.45, 7) is 8.07. The van der Waals surface area contributed by atoms with Crippen LogP contribution in [-0.2, 0) is 4.79 Å². The maximum absolute atomic E-state index is 14.8. The summed E-state index contributed by atoms with van der Waals surface area (Å²) < 4.78 is 14.8. The lowest BCUT2D eigenvalue weighted by atomic mass is 10.1. The minimum atomic E-state index is -0.660. The summed E-state index contributed by atoms with van der Waals surface area (Å²) >= 11 is 0. The Labute approximate surface area is 186 Å². The highest BCUT2D eigenvalue weighted by Crippen LogP contribution is 2.26. The number of aryl methyl sites for hydroxylation is 2. The summed E-state index contributed by atoms with van der Waals surface area (Å²) in [4.78, 5) is 47.5. The molecule has 9 heteroatoms. The van der Waals surface area contributed by atoms with Crippen molar-refractivity contribution in [3.05, 3.63) is 53.0 Å². The molecular formula is C23H26FN5O3. The number of carbonyl (C=O) groups is 3. The van der Waals surface area contributed by atoms with Crippen LogP contribution < -0.4 is 9.80 Å². The van der Waals surface area contributed by atoms with Gasteiger partial charge in [0.25, 0.3) is 5.91 Å². The Kier molecular flexibility index (Phi) is 5.82. The van der Waals surface area contributed by atoms with E-state index in [0.717, 1.165) is 21.8 Å². The zero-order valence-corrected chi connectivity index (χ0v) is 18.5. The topological polar surface area (TPSA) is 77.1 Å². The van der Waals surface area contributed by atoms with Gasteiger partial charge in [0.05, 0.1) is 5.69 Å². The lowest BCUT2D eigenvalue weighted by molar-refractivity contribution is -0.125. The maximum atomic E-state index is 14.8. The molecule has 2 aromatic rings. The molecule has 0 bridgehead atoms. The van der Waals surface area contributed by atoms with Crippen LogP contribution in [0.25, 0.3) is 0 Å². The highest BCUT2D eigenvalue weighted by Gasteiger charge is 2.34. The molecule has 0 atom stereocenters. The lowest BCUT2D eigenvalue weighted by Crippen LogP contribution is -2.49. The summed E-state index contributed by atoms with van der Waals surface area (Å²) in [6, 6.07) is 5.67. The predicted molar refractivity (Wildman–Crippen MR) is 118 cm³/mol. The normalized spacial score (nSPS) is 16.7. The largest absolute Gasteiger partial charge is 0.353 e. The Morgan fingerprint density at radius 3 is 2.31 bits per heavy atom. The van der Waals surface area contributed by atoms with Gasteiger partial charge in [0, 0.05) is 58.0 Å². The molecule has 1 aromatic carbocycles. The minimum absolute atomic E-state index is 0.0704. The van der Waals surface area contributed by atoms with Crippen molar-refractivity contribution in [2.24, 2.45) is 0 Å². The minimum Gasteiger partial charge on any atom is -0.353 e. The van der Waals surface area contributed by atoms with Crippen molar-refractivity contribution in [3.8, 4) is 0 Å². The molecule has 2 aliphatic heterocycles. The summed E-state index contributed by atoms with van der Waals surface area (Å²) in [7, 11) is 0. The molecule has 2 fully saturated rings. The fourth-order valence-corrected chi connectivity index (χ4v) is 4.25. The SMILES string of the molecule is CC(=O)N1CCN(c2ccc(C(=O)N3CCN(c4ncc(C)cc4C)CC3)cc2F)C1=O. The monoisotopic (exact) mass is 439 g/mol. The smallest absolute Gasteiger partial charge is 0.331 e. The van der Waals surface area contributed by atoms with Gasteiger partial charge in [-0.3, -0.25) is 19.4 Å². The highest BCUT2D eigenvalue weighted by atomic mass is 19.1. The van der Waals surface area contributed by atoms with E-state index in [0.29, 0.717) is 26.2 Å². The van der Waals surface area contributed by atoms with E-state index in [4.69, 9.17) is 0 Å². The second-order valence-electron chi connectivity index (χ2n) is 8.20. The number of piperazine rings is 1. The number of benzene rings is 1. The summed E-state index contributed by atoms with van der Waals surface area (Å²) in [6.07, 6.45) is 1.84. The van der Waals surface area contributed by atoms with E-state index in [-0.39, 0.29) is 36.2 Å². The van der Waals surface area contributed by atoms with Gasteiger partial charge in [-0.2, -0.15) is 0 Å². The standard InChI is InChI=1S/C23H26FN5O3/c1-15-12-16(2)21(25-14-15)26-6-8-27(9-7-26)22(31)18-4-5-20(19(24)13-18)29-11-10-28(17(3)30)23(29)32/h4-5,12-14H,6-11H2,1-3H3. The third-order valence-corrected chi connectivity index (χ3v) is 5.93. The van der Waals surface area contributed by atoms with E-state index < -0.39 is 11.8 Å². The Balaban J connectivity index is 1.43. The first-order chi connectivity index (χ1) is 15.3. The molecule has 0 radical (unpaired) electrons. The maximum Gasteiger partial charge on any atom is 0.331 e. The van der Waals surface area contributed by atoms with Crippen LogP contribution in [0.2, 0.25) is 0 Å². The fourth-order valence-electron chi connectivity index (χ4n) is 4.25. The van der Waals surface area contributed by atoms with E-state index in [9.17, 15) is 18.8 Å². The lowest BCUT2D eigenvalue weighted by Gasteiger charge is -2.36. The Morgan fingerprint density at radius 2 is 1.72 bits per heavy atom. The molecule has 0 spiro atoms.